The molecule has 2 N–H and O–H groups in total. The number of nitrogens with zero attached hydrogens (tertiary/aromatic N) is 2. The highest BCUT2D eigenvalue weighted by atomic mass is 32.2. The van der Waals surface area contributed by atoms with Crippen LogP contribution >= 0.6 is 0 Å². The molecule has 0 radical (unpaired) electrons. The number of hydrogen-bond donors (Lipinski definition) is 2. The minimum Gasteiger partial charge on any atom is -0.345 e. The zero-order chi connectivity index (χ0) is 24.2. The smallest absolute Gasteiger partial charge is 0.272 e. The molecule has 8 heteroatoms. The van der Waals surface area contributed by atoms with Gasteiger partial charge >= 0.3 is 0 Å². The van der Waals surface area contributed by atoms with Crippen molar-refractivity contribution < 1.29 is 13.6 Å². The first-order chi connectivity index (χ1) is 16.4. The van der Waals surface area contributed by atoms with Crippen LogP contribution < -0.4 is 10.0 Å². The zero-order valence-corrected chi connectivity index (χ0v) is 20.5. The highest BCUT2D eigenvalue weighted by Gasteiger charge is 2.29. The molecule has 0 spiro atoms. The maximum Gasteiger partial charge on any atom is 0.272 e. The molecule has 3 atom stereocenters. The number of carbonyl (C=O) groups is 1. The van der Waals surface area contributed by atoms with E-state index in [1.54, 1.807) is 11.6 Å². The highest BCUT2D eigenvalue weighted by Crippen LogP contribution is 2.30. The molecule has 3 unspecified atom stereocenters. The second kappa shape index (κ2) is 10.6. The van der Waals surface area contributed by atoms with Gasteiger partial charge in [0.1, 0.15) is 5.69 Å². The third kappa shape index (κ3) is 5.28. The van der Waals surface area contributed by atoms with Crippen LogP contribution in [-0.4, -0.2) is 23.6 Å². The Balaban J connectivity index is 1.52. The molecule has 34 heavy (non-hydrogen) atoms. The van der Waals surface area contributed by atoms with Gasteiger partial charge in [0.2, 0.25) is 0 Å². The second-order valence-corrected chi connectivity index (χ2v) is 10.4. The van der Waals surface area contributed by atoms with Crippen molar-refractivity contribution in [2.75, 3.05) is 12.4 Å². The summed E-state index contributed by atoms with van der Waals surface area (Å²) in [6.45, 7) is 2.27. The predicted octanol–water partition coefficient (Wildman–Crippen LogP) is 5.43. The molecular weight excluding hydrogens is 454 g/mol. The maximum absolute atomic E-state index is 13.6. The van der Waals surface area contributed by atoms with E-state index in [0.717, 1.165) is 48.3 Å². The summed E-state index contributed by atoms with van der Waals surface area (Å²) >= 11 is 0. The fourth-order valence-electron chi connectivity index (χ4n) is 4.48. The SMILES string of the molecule is CN=S1NC(C(C)CCc2ccccc2)CCc2c1cn(C)c2C(=O)Nc1ccc(F)c(F)c1. The first-order valence-electron chi connectivity index (χ1n) is 11.5. The number of aryl methyl sites for hydroxylation is 2. The summed E-state index contributed by atoms with van der Waals surface area (Å²) in [5.41, 5.74) is 3.04. The third-order valence-corrected chi connectivity index (χ3v) is 8.08. The summed E-state index contributed by atoms with van der Waals surface area (Å²) in [5, 5.41) is 2.71. The van der Waals surface area contributed by atoms with E-state index in [2.05, 4.69) is 45.6 Å². The number of fused-ring (bicyclic) bond motifs is 1. The average Bonchev–Trinajstić information content (AvgIpc) is 3.05. The number of amides is 1. The van der Waals surface area contributed by atoms with Crippen molar-refractivity contribution in [2.24, 2.45) is 17.3 Å². The molecule has 180 valence electrons. The van der Waals surface area contributed by atoms with Gasteiger partial charge in [0.25, 0.3) is 5.91 Å². The molecule has 5 nitrogen and oxygen atoms in total. The lowest BCUT2D eigenvalue weighted by molar-refractivity contribution is 0.101. The Bertz CT molecular complexity index is 1210. The second-order valence-electron chi connectivity index (χ2n) is 8.75. The van der Waals surface area contributed by atoms with Gasteiger partial charge in [-0.15, -0.1) is 0 Å². The van der Waals surface area contributed by atoms with Crippen LogP contribution in [0.4, 0.5) is 14.5 Å². The van der Waals surface area contributed by atoms with Crippen molar-refractivity contribution in [1.29, 1.82) is 0 Å². The largest absolute Gasteiger partial charge is 0.345 e. The van der Waals surface area contributed by atoms with E-state index >= 15 is 0 Å². The summed E-state index contributed by atoms with van der Waals surface area (Å²) in [5.74, 6) is -1.84. The number of nitrogens with one attached hydrogen (secondary N) is 2. The number of anilines is 1. The molecule has 0 saturated carbocycles. The Kier molecular flexibility index (Phi) is 7.58. The Morgan fingerprint density at radius 2 is 2.00 bits per heavy atom. The Hall–Kier alpha value is -2.84. The Morgan fingerprint density at radius 1 is 1.24 bits per heavy atom. The van der Waals surface area contributed by atoms with E-state index in [0.29, 0.717) is 11.6 Å². The number of rotatable bonds is 6. The van der Waals surface area contributed by atoms with Crippen LogP contribution in [0, 0.1) is 17.6 Å². The van der Waals surface area contributed by atoms with Gasteiger partial charge in [-0.1, -0.05) is 37.3 Å². The summed E-state index contributed by atoms with van der Waals surface area (Å²) in [4.78, 5) is 14.2. The van der Waals surface area contributed by atoms with Gasteiger partial charge in [-0.05, 0) is 54.9 Å². The quantitative estimate of drug-likeness (QED) is 0.490. The number of hydrogen-bond acceptors (Lipinski definition) is 2. The van der Waals surface area contributed by atoms with Crippen LogP contribution in [0.3, 0.4) is 0 Å². The van der Waals surface area contributed by atoms with E-state index in [-0.39, 0.29) is 17.6 Å². The van der Waals surface area contributed by atoms with Crippen molar-refractivity contribution in [3.05, 3.63) is 83.2 Å². The minimum atomic E-state index is -0.994. The van der Waals surface area contributed by atoms with E-state index < -0.39 is 22.5 Å². The van der Waals surface area contributed by atoms with Gasteiger partial charge in [0.15, 0.2) is 11.6 Å². The molecular formula is C26H30F2N4OS. The normalized spacial score (nSPS) is 18.9. The van der Waals surface area contributed by atoms with Crippen molar-refractivity contribution in [3.8, 4) is 0 Å². The molecule has 4 rings (SSSR count). The molecule has 1 amide bonds. The van der Waals surface area contributed by atoms with Crippen LogP contribution in [0.1, 0.15) is 41.4 Å². The molecule has 0 fully saturated rings. The first kappa shape index (κ1) is 24.3. The minimum absolute atomic E-state index is 0.220. The summed E-state index contributed by atoms with van der Waals surface area (Å²) in [6, 6.07) is 14.1. The van der Waals surface area contributed by atoms with Crippen LogP contribution in [0.25, 0.3) is 0 Å². The van der Waals surface area contributed by atoms with Gasteiger partial charge in [0, 0.05) is 49.0 Å². The zero-order valence-electron chi connectivity index (χ0n) is 19.6. The summed E-state index contributed by atoms with van der Waals surface area (Å²) in [6.07, 6.45) is 5.66. The number of halogens is 2. The molecule has 1 aromatic heterocycles. The topological polar surface area (TPSA) is 58.4 Å². The lowest BCUT2D eigenvalue weighted by Gasteiger charge is -2.24. The number of benzene rings is 2. The molecule has 1 aliphatic heterocycles. The van der Waals surface area contributed by atoms with Gasteiger partial charge < -0.3 is 9.88 Å². The first-order valence-corrected chi connectivity index (χ1v) is 12.6. The number of carbonyl (C=O) groups excluding carboxylic acids is 1. The van der Waals surface area contributed by atoms with Gasteiger partial charge in [-0.3, -0.25) is 4.79 Å². The average molecular weight is 485 g/mol. The van der Waals surface area contributed by atoms with Crippen LogP contribution in [0.15, 0.2) is 64.0 Å². The van der Waals surface area contributed by atoms with Crippen molar-refractivity contribution in [3.63, 3.8) is 0 Å². The standard InChI is InChI=1S/C26H30F2N4OS/c1-17(9-10-18-7-5-4-6-8-18)23-14-12-20-24(34(29-2)31-23)16-32(3)25(20)26(33)30-19-11-13-21(27)22(28)15-19/h4-8,11,13,15-17,23H,9-10,12,14H2,1-3H3,(H,29,31)(H,30,33). The van der Waals surface area contributed by atoms with Crippen molar-refractivity contribution in [1.82, 2.24) is 9.29 Å². The van der Waals surface area contributed by atoms with Crippen LogP contribution in [-0.2, 0) is 30.8 Å². The molecule has 0 saturated heterocycles. The van der Waals surface area contributed by atoms with Crippen LogP contribution in [0.2, 0.25) is 0 Å². The molecule has 1 aliphatic rings. The highest BCUT2D eigenvalue weighted by molar-refractivity contribution is 7.85. The van der Waals surface area contributed by atoms with E-state index in [9.17, 15) is 13.6 Å². The molecule has 3 aromatic rings. The van der Waals surface area contributed by atoms with Gasteiger partial charge in [-0.25, -0.2) is 17.9 Å². The third-order valence-electron chi connectivity index (χ3n) is 6.42. The summed E-state index contributed by atoms with van der Waals surface area (Å²) in [7, 11) is 3.08. The molecule has 0 aliphatic carbocycles. The van der Waals surface area contributed by atoms with E-state index in [1.165, 1.54) is 11.6 Å². The van der Waals surface area contributed by atoms with Gasteiger partial charge in [-0.2, -0.15) is 0 Å². The Labute approximate surface area is 201 Å². The number of aromatic nitrogens is 1. The fraction of sp³-hybridized carbons (Fsp3) is 0.346. The Morgan fingerprint density at radius 3 is 2.71 bits per heavy atom. The van der Waals surface area contributed by atoms with E-state index in [4.69, 9.17) is 0 Å². The lowest BCUT2D eigenvalue weighted by atomic mass is 9.91. The molecule has 2 aromatic carbocycles. The predicted molar refractivity (Wildman–Crippen MR) is 133 cm³/mol. The molecule has 0 bridgehead atoms. The van der Waals surface area contributed by atoms with Crippen molar-refractivity contribution >= 4 is 22.5 Å². The monoisotopic (exact) mass is 484 g/mol. The lowest BCUT2D eigenvalue weighted by Crippen LogP contribution is -2.35. The van der Waals surface area contributed by atoms with Gasteiger partial charge in [0.05, 0.1) is 4.90 Å². The summed E-state index contributed by atoms with van der Waals surface area (Å²) < 4.78 is 37.0. The fourth-order valence-corrected chi connectivity index (χ4v) is 6.23. The maximum atomic E-state index is 13.6. The van der Waals surface area contributed by atoms with E-state index in [1.807, 2.05) is 19.3 Å². The van der Waals surface area contributed by atoms with Crippen molar-refractivity contribution in [2.45, 2.75) is 43.5 Å². The van der Waals surface area contributed by atoms with Crippen LogP contribution in [0.5, 0.6) is 0 Å². The molecule has 2 heterocycles.